The first-order valence-electron chi connectivity index (χ1n) is 10.8. The van der Waals surface area contributed by atoms with Gasteiger partial charge in [0.2, 0.25) is 0 Å². The van der Waals surface area contributed by atoms with Crippen LogP contribution in [0.3, 0.4) is 0 Å². The maximum Gasteiger partial charge on any atom is 0.298 e. The molecule has 0 heterocycles. The summed E-state index contributed by atoms with van der Waals surface area (Å²) in [5.74, 6) is 15.0. The van der Waals surface area contributed by atoms with E-state index in [0.717, 1.165) is 12.8 Å². The summed E-state index contributed by atoms with van der Waals surface area (Å²) < 4.78 is 4.98. The van der Waals surface area contributed by atoms with Crippen molar-refractivity contribution >= 4 is 5.91 Å². The molecule has 0 aliphatic rings. The summed E-state index contributed by atoms with van der Waals surface area (Å²) in [4.78, 5) is 11.4. The van der Waals surface area contributed by atoms with E-state index in [-0.39, 0.29) is 6.61 Å². The lowest BCUT2D eigenvalue weighted by Crippen LogP contribution is -2.37. The molecule has 4 heteroatoms. The summed E-state index contributed by atoms with van der Waals surface area (Å²) in [6, 6.07) is 0. The van der Waals surface area contributed by atoms with Gasteiger partial charge in [0.15, 0.2) is 6.23 Å². The number of aliphatic hydroxyl groups is 1. The molecule has 2 N–H and O–H groups in total. The Morgan fingerprint density at radius 1 is 0.857 bits per heavy atom. The zero-order valence-electron chi connectivity index (χ0n) is 17.7. The van der Waals surface area contributed by atoms with E-state index >= 15 is 0 Å². The van der Waals surface area contributed by atoms with Crippen LogP contribution in [0.1, 0.15) is 90.9 Å². The summed E-state index contributed by atoms with van der Waals surface area (Å²) in [6.07, 6.45) is 14.4. The molecular weight excluding hydrogens is 350 g/mol. The average Bonchev–Trinajstić information content (AvgIpc) is 2.68. The Kier molecular flexibility index (Phi) is 19.9. The molecule has 28 heavy (non-hydrogen) atoms. The van der Waals surface area contributed by atoms with Crippen LogP contribution in [-0.4, -0.2) is 30.5 Å². The van der Waals surface area contributed by atoms with E-state index in [1.54, 1.807) is 0 Å². The van der Waals surface area contributed by atoms with Crippen molar-refractivity contribution in [2.24, 2.45) is 0 Å². The van der Waals surface area contributed by atoms with E-state index < -0.39 is 12.1 Å². The minimum atomic E-state index is -1.06. The largest absolute Gasteiger partial charge is 0.377 e. The van der Waals surface area contributed by atoms with E-state index in [0.29, 0.717) is 6.61 Å². The molecule has 0 aromatic rings. The van der Waals surface area contributed by atoms with Crippen molar-refractivity contribution in [1.29, 1.82) is 0 Å². The molecule has 0 aromatic carbocycles. The van der Waals surface area contributed by atoms with Gasteiger partial charge in [-0.15, -0.1) is 0 Å². The van der Waals surface area contributed by atoms with Crippen LogP contribution in [0.4, 0.5) is 0 Å². The average molecular weight is 388 g/mol. The molecule has 0 rings (SSSR count). The highest BCUT2D eigenvalue weighted by Crippen LogP contribution is 2.11. The molecule has 1 amide bonds. The first kappa shape index (κ1) is 26.1. The summed E-state index contributed by atoms with van der Waals surface area (Å²) in [7, 11) is 0. The predicted octanol–water partition coefficient (Wildman–Crippen LogP) is 4.17. The Morgan fingerprint density at radius 2 is 1.43 bits per heavy atom. The number of amides is 1. The van der Waals surface area contributed by atoms with Crippen LogP contribution >= 0.6 is 0 Å². The van der Waals surface area contributed by atoms with Crippen LogP contribution in [0.15, 0.2) is 0 Å². The van der Waals surface area contributed by atoms with Gasteiger partial charge >= 0.3 is 0 Å². The molecule has 0 aliphatic heterocycles. The van der Waals surface area contributed by atoms with Gasteiger partial charge in [-0.1, -0.05) is 77.1 Å². The number of carbonyl (C=O) groups is 1. The molecule has 0 saturated carbocycles. The molecular formula is C24H37NO3. The lowest BCUT2D eigenvalue weighted by molar-refractivity contribution is -0.119. The molecule has 0 aromatic heterocycles. The Balaban J connectivity index is 3.60. The third-order valence-electron chi connectivity index (χ3n) is 4.13. The second-order valence-corrected chi connectivity index (χ2v) is 6.74. The highest BCUT2D eigenvalue weighted by Gasteiger charge is 2.05. The van der Waals surface area contributed by atoms with Gasteiger partial charge < -0.3 is 15.2 Å². The monoisotopic (exact) mass is 387 g/mol. The normalized spacial score (nSPS) is 10.5. The third-order valence-corrected chi connectivity index (χ3v) is 4.13. The van der Waals surface area contributed by atoms with E-state index in [1.807, 2.05) is 6.92 Å². The zero-order valence-corrected chi connectivity index (χ0v) is 17.7. The van der Waals surface area contributed by atoms with E-state index in [2.05, 4.69) is 47.8 Å². The van der Waals surface area contributed by atoms with Crippen molar-refractivity contribution in [3.63, 3.8) is 0 Å². The summed E-state index contributed by atoms with van der Waals surface area (Å²) >= 11 is 0. The Bertz CT molecular complexity index is 566. The predicted molar refractivity (Wildman–Crippen MR) is 115 cm³/mol. The SMILES string of the molecule is CCCCCCCCCCCCCC#CC#CC#CC(=O)NC(O)COCC. The lowest BCUT2D eigenvalue weighted by Gasteiger charge is -2.09. The minimum Gasteiger partial charge on any atom is -0.377 e. The van der Waals surface area contributed by atoms with Gasteiger partial charge in [0, 0.05) is 18.9 Å². The molecule has 0 aliphatic carbocycles. The summed E-state index contributed by atoms with van der Waals surface area (Å²) in [5, 5.41) is 11.7. The Labute approximate surface area is 172 Å². The molecule has 1 unspecified atom stereocenters. The highest BCUT2D eigenvalue weighted by atomic mass is 16.5. The molecule has 156 valence electrons. The summed E-state index contributed by atoms with van der Waals surface area (Å²) in [6.45, 7) is 4.58. The zero-order chi connectivity index (χ0) is 20.7. The van der Waals surface area contributed by atoms with Crippen molar-refractivity contribution in [2.45, 2.75) is 97.1 Å². The lowest BCUT2D eigenvalue weighted by atomic mass is 10.1. The number of rotatable bonds is 15. The Hall–Kier alpha value is -1.93. The number of aliphatic hydroxyl groups excluding tert-OH is 1. The topological polar surface area (TPSA) is 58.6 Å². The number of carbonyl (C=O) groups excluding carboxylic acids is 1. The van der Waals surface area contributed by atoms with Crippen LogP contribution in [0, 0.1) is 35.5 Å². The van der Waals surface area contributed by atoms with Crippen molar-refractivity contribution < 1.29 is 14.6 Å². The van der Waals surface area contributed by atoms with Gasteiger partial charge in [-0.05, 0) is 37.0 Å². The van der Waals surface area contributed by atoms with E-state index in [4.69, 9.17) is 4.74 Å². The first-order chi connectivity index (χ1) is 13.7. The smallest absolute Gasteiger partial charge is 0.298 e. The third kappa shape index (κ3) is 20.4. The fourth-order valence-corrected chi connectivity index (χ4v) is 2.59. The molecule has 0 fully saturated rings. The number of ether oxygens (including phenoxy) is 1. The standard InChI is InChI=1S/C24H37NO3/c1-3-5-6-7-8-9-10-11-12-13-14-15-16-17-18-19-20-21-23(26)25-24(27)22-28-4-2/h24,27H,3-15,22H2,1-2H3,(H,25,26). The van der Waals surface area contributed by atoms with Gasteiger partial charge in [-0.3, -0.25) is 4.79 Å². The van der Waals surface area contributed by atoms with Crippen LogP contribution in [0.2, 0.25) is 0 Å². The van der Waals surface area contributed by atoms with Gasteiger partial charge in [0.25, 0.3) is 5.91 Å². The maximum atomic E-state index is 11.4. The van der Waals surface area contributed by atoms with Crippen LogP contribution in [-0.2, 0) is 9.53 Å². The minimum absolute atomic E-state index is 0.0418. The maximum absolute atomic E-state index is 11.4. The second kappa shape index (κ2) is 21.4. The molecule has 0 radical (unpaired) electrons. The molecule has 0 saturated heterocycles. The Morgan fingerprint density at radius 3 is 2.04 bits per heavy atom. The molecule has 1 atom stereocenters. The van der Waals surface area contributed by atoms with E-state index in [9.17, 15) is 9.90 Å². The number of nitrogens with one attached hydrogen (secondary N) is 1. The number of hydrogen-bond acceptors (Lipinski definition) is 3. The molecule has 0 bridgehead atoms. The van der Waals surface area contributed by atoms with Crippen molar-refractivity contribution in [3.8, 4) is 35.5 Å². The number of unbranched alkanes of at least 4 members (excludes halogenated alkanes) is 11. The van der Waals surface area contributed by atoms with Crippen molar-refractivity contribution in [3.05, 3.63) is 0 Å². The van der Waals surface area contributed by atoms with Gasteiger partial charge in [0.05, 0.1) is 6.61 Å². The van der Waals surface area contributed by atoms with E-state index in [1.165, 1.54) is 64.2 Å². The van der Waals surface area contributed by atoms with Crippen molar-refractivity contribution in [1.82, 2.24) is 5.32 Å². The van der Waals surface area contributed by atoms with Gasteiger partial charge in [-0.2, -0.15) is 0 Å². The first-order valence-corrected chi connectivity index (χ1v) is 10.8. The van der Waals surface area contributed by atoms with Gasteiger partial charge in [-0.25, -0.2) is 0 Å². The van der Waals surface area contributed by atoms with Crippen LogP contribution < -0.4 is 5.32 Å². The fourth-order valence-electron chi connectivity index (χ4n) is 2.59. The van der Waals surface area contributed by atoms with Crippen LogP contribution in [0.5, 0.6) is 0 Å². The quantitative estimate of drug-likeness (QED) is 0.252. The number of hydrogen-bond donors (Lipinski definition) is 2. The fraction of sp³-hybridized carbons (Fsp3) is 0.708. The highest BCUT2D eigenvalue weighted by molar-refractivity contribution is 5.94. The van der Waals surface area contributed by atoms with Crippen molar-refractivity contribution in [2.75, 3.05) is 13.2 Å². The molecule has 4 nitrogen and oxygen atoms in total. The van der Waals surface area contributed by atoms with Crippen LogP contribution in [0.25, 0.3) is 0 Å². The molecule has 0 spiro atoms. The summed E-state index contributed by atoms with van der Waals surface area (Å²) in [5.41, 5.74) is 0. The van der Waals surface area contributed by atoms with Gasteiger partial charge in [0.1, 0.15) is 0 Å². The second-order valence-electron chi connectivity index (χ2n) is 6.74.